The second-order valence-corrected chi connectivity index (χ2v) is 5.59. The number of hydrogen-bond donors (Lipinski definition) is 2. The second kappa shape index (κ2) is 7.87. The van der Waals surface area contributed by atoms with Gasteiger partial charge in [0.05, 0.1) is 5.69 Å². The highest BCUT2D eigenvalue weighted by atomic mass is 19.2. The molecule has 1 aromatic heterocycles. The fraction of sp³-hybridized carbons (Fsp3) is 0. The van der Waals surface area contributed by atoms with E-state index in [9.17, 15) is 27.2 Å². The molecule has 0 spiro atoms. The minimum Gasteiger partial charge on any atom is -0.321 e. The third kappa shape index (κ3) is 4.32. The maximum Gasteiger partial charge on any atom is 0.274 e. The predicted molar refractivity (Wildman–Crippen MR) is 92.9 cm³/mol. The van der Waals surface area contributed by atoms with Crippen molar-refractivity contribution in [3.8, 4) is 0 Å². The average molecular weight is 389 g/mol. The van der Waals surface area contributed by atoms with E-state index in [0.29, 0.717) is 6.07 Å². The lowest BCUT2D eigenvalue weighted by atomic mass is 10.2. The highest BCUT2D eigenvalue weighted by Gasteiger charge is 2.15. The minimum atomic E-state index is -1.14. The number of nitrogens with one attached hydrogen (secondary N) is 2. The van der Waals surface area contributed by atoms with Crippen molar-refractivity contribution in [2.45, 2.75) is 0 Å². The Balaban J connectivity index is 1.76. The third-order valence-corrected chi connectivity index (χ3v) is 3.61. The fourth-order valence-corrected chi connectivity index (χ4v) is 2.25. The van der Waals surface area contributed by atoms with Gasteiger partial charge >= 0.3 is 0 Å². The Morgan fingerprint density at radius 1 is 0.750 bits per heavy atom. The standard InChI is InChI=1S/C19H11F4N3O2/c20-11-1-4-16(15(23)8-11)26-18(27)10-5-6-24-17(7-10)19(28)25-12-2-3-13(21)14(22)9-12/h1-9H,(H,25,28)(H,26,27). The van der Waals surface area contributed by atoms with Gasteiger partial charge in [0.1, 0.15) is 17.3 Å². The van der Waals surface area contributed by atoms with Crippen molar-refractivity contribution in [1.29, 1.82) is 0 Å². The van der Waals surface area contributed by atoms with Crippen LogP contribution in [0.5, 0.6) is 0 Å². The summed E-state index contributed by atoms with van der Waals surface area (Å²) in [6, 6.07) is 7.86. The molecule has 3 rings (SSSR count). The van der Waals surface area contributed by atoms with Crippen LogP contribution in [0.15, 0.2) is 54.7 Å². The summed E-state index contributed by atoms with van der Waals surface area (Å²) in [5.41, 5.74) is -0.448. The van der Waals surface area contributed by atoms with Gasteiger partial charge < -0.3 is 10.6 Å². The molecule has 0 aliphatic rings. The molecule has 0 atom stereocenters. The summed E-state index contributed by atoms with van der Waals surface area (Å²) in [5.74, 6) is -5.49. The molecule has 0 saturated carbocycles. The Morgan fingerprint density at radius 2 is 1.54 bits per heavy atom. The summed E-state index contributed by atoms with van der Waals surface area (Å²) in [6.07, 6.45) is 1.18. The van der Waals surface area contributed by atoms with Crippen LogP contribution in [0.3, 0.4) is 0 Å². The van der Waals surface area contributed by atoms with Crippen molar-refractivity contribution in [3.05, 3.63) is 89.3 Å². The maximum absolute atomic E-state index is 13.6. The lowest BCUT2D eigenvalue weighted by Crippen LogP contribution is -2.17. The minimum absolute atomic E-state index is 0.00561. The molecular formula is C19H11F4N3O2. The molecule has 0 saturated heterocycles. The first-order chi connectivity index (χ1) is 13.3. The lowest BCUT2D eigenvalue weighted by Gasteiger charge is -2.08. The summed E-state index contributed by atoms with van der Waals surface area (Å²) in [5, 5.41) is 4.57. The van der Waals surface area contributed by atoms with Crippen molar-refractivity contribution in [1.82, 2.24) is 4.98 Å². The van der Waals surface area contributed by atoms with Crippen LogP contribution < -0.4 is 10.6 Å². The van der Waals surface area contributed by atoms with Crippen LogP contribution in [-0.4, -0.2) is 16.8 Å². The van der Waals surface area contributed by atoms with Crippen molar-refractivity contribution in [2.75, 3.05) is 10.6 Å². The number of hydrogen-bond acceptors (Lipinski definition) is 3. The number of pyridine rings is 1. The number of carbonyl (C=O) groups excluding carboxylic acids is 2. The summed E-state index contributed by atoms with van der Waals surface area (Å²) >= 11 is 0. The molecule has 142 valence electrons. The third-order valence-electron chi connectivity index (χ3n) is 3.61. The second-order valence-electron chi connectivity index (χ2n) is 5.59. The number of halogens is 4. The van der Waals surface area contributed by atoms with E-state index in [1.165, 1.54) is 12.3 Å². The van der Waals surface area contributed by atoms with Crippen molar-refractivity contribution in [2.24, 2.45) is 0 Å². The average Bonchev–Trinajstić information content (AvgIpc) is 2.67. The number of aromatic nitrogens is 1. The SMILES string of the molecule is O=C(Nc1ccc(F)cc1F)c1ccnc(C(=O)Nc2ccc(F)c(F)c2)c1. The van der Waals surface area contributed by atoms with Crippen molar-refractivity contribution < 1.29 is 27.2 Å². The van der Waals surface area contributed by atoms with E-state index in [1.54, 1.807) is 0 Å². The molecule has 0 aliphatic heterocycles. The zero-order valence-electron chi connectivity index (χ0n) is 14.0. The smallest absolute Gasteiger partial charge is 0.274 e. The van der Waals surface area contributed by atoms with Gasteiger partial charge in [-0.2, -0.15) is 0 Å². The molecule has 3 aromatic rings. The number of nitrogens with zero attached hydrogens (tertiary/aromatic N) is 1. The zero-order valence-corrected chi connectivity index (χ0v) is 14.0. The first kappa shape index (κ1) is 19.0. The molecular weight excluding hydrogens is 378 g/mol. The molecule has 2 aromatic carbocycles. The lowest BCUT2D eigenvalue weighted by molar-refractivity contribution is 0.102. The number of benzene rings is 2. The van der Waals surface area contributed by atoms with Gasteiger partial charge in [-0.25, -0.2) is 17.6 Å². The molecule has 0 bridgehead atoms. The molecule has 28 heavy (non-hydrogen) atoms. The zero-order chi connectivity index (χ0) is 20.3. The number of carbonyl (C=O) groups is 2. The van der Waals surface area contributed by atoms with E-state index < -0.39 is 35.1 Å². The Bertz CT molecular complexity index is 1070. The van der Waals surface area contributed by atoms with E-state index >= 15 is 0 Å². The summed E-state index contributed by atoms with van der Waals surface area (Å²) in [7, 11) is 0. The molecule has 2 amide bonds. The van der Waals surface area contributed by atoms with Gasteiger partial charge in [0.15, 0.2) is 11.6 Å². The van der Waals surface area contributed by atoms with Crippen LogP contribution in [0.2, 0.25) is 0 Å². The summed E-state index contributed by atoms with van der Waals surface area (Å²) < 4.78 is 52.7. The van der Waals surface area contributed by atoms with Gasteiger partial charge in [-0.1, -0.05) is 0 Å². The molecule has 9 heteroatoms. The van der Waals surface area contributed by atoms with E-state index in [0.717, 1.165) is 36.4 Å². The first-order valence-corrected chi connectivity index (χ1v) is 7.82. The Morgan fingerprint density at radius 3 is 2.25 bits per heavy atom. The first-order valence-electron chi connectivity index (χ1n) is 7.82. The van der Waals surface area contributed by atoms with Gasteiger partial charge in [0.25, 0.3) is 11.8 Å². The van der Waals surface area contributed by atoms with Crippen molar-refractivity contribution >= 4 is 23.2 Å². The van der Waals surface area contributed by atoms with Crippen LogP contribution in [0.25, 0.3) is 0 Å². The Hall–Kier alpha value is -3.75. The summed E-state index contributed by atoms with van der Waals surface area (Å²) in [4.78, 5) is 28.3. The molecule has 0 aliphatic carbocycles. The van der Waals surface area contributed by atoms with E-state index in [2.05, 4.69) is 15.6 Å². The largest absolute Gasteiger partial charge is 0.321 e. The fourth-order valence-electron chi connectivity index (χ4n) is 2.25. The summed E-state index contributed by atoms with van der Waals surface area (Å²) in [6.45, 7) is 0. The molecule has 0 radical (unpaired) electrons. The van der Waals surface area contributed by atoms with E-state index in [1.807, 2.05) is 0 Å². The maximum atomic E-state index is 13.6. The van der Waals surface area contributed by atoms with Crippen LogP contribution in [0.1, 0.15) is 20.8 Å². The van der Waals surface area contributed by atoms with Crippen LogP contribution in [0.4, 0.5) is 28.9 Å². The number of rotatable bonds is 4. The molecule has 0 unspecified atom stereocenters. The van der Waals surface area contributed by atoms with Crippen LogP contribution in [-0.2, 0) is 0 Å². The van der Waals surface area contributed by atoms with Gasteiger partial charge in [-0.3, -0.25) is 14.6 Å². The van der Waals surface area contributed by atoms with Crippen molar-refractivity contribution in [3.63, 3.8) is 0 Å². The number of anilines is 2. The Kier molecular flexibility index (Phi) is 5.35. The molecule has 1 heterocycles. The van der Waals surface area contributed by atoms with E-state index in [4.69, 9.17) is 0 Å². The monoisotopic (exact) mass is 389 g/mol. The highest BCUT2D eigenvalue weighted by molar-refractivity contribution is 6.07. The molecule has 2 N–H and O–H groups in total. The number of amides is 2. The topological polar surface area (TPSA) is 71.1 Å². The van der Waals surface area contributed by atoms with Gasteiger partial charge in [0, 0.05) is 29.6 Å². The normalized spacial score (nSPS) is 10.4. The molecule has 0 fully saturated rings. The Labute approximate surface area is 156 Å². The predicted octanol–water partition coefficient (Wildman–Crippen LogP) is 4.14. The van der Waals surface area contributed by atoms with Gasteiger partial charge in [0.2, 0.25) is 0 Å². The van der Waals surface area contributed by atoms with Gasteiger partial charge in [-0.05, 0) is 36.4 Å². The van der Waals surface area contributed by atoms with E-state index in [-0.39, 0.29) is 22.6 Å². The molecule has 5 nitrogen and oxygen atoms in total. The quantitative estimate of drug-likeness (QED) is 0.659. The highest BCUT2D eigenvalue weighted by Crippen LogP contribution is 2.17. The van der Waals surface area contributed by atoms with Gasteiger partial charge in [-0.15, -0.1) is 0 Å². The van der Waals surface area contributed by atoms with Crippen LogP contribution >= 0.6 is 0 Å². The van der Waals surface area contributed by atoms with Crippen LogP contribution in [0, 0.1) is 23.3 Å².